The molecule has 0 radical (unpaired) electrons. The molecule has 0 aliphatic heterocycles. The van der Waals surface area contributed by atoms with E-state index in [1.807, 2.05) is 49.4 Å². The predicted octanol–water partition coefficient (Wildman–Crippen LogP) is 3.76. The molecular weight excluding hydrogens is 292 g/mol. The van der Waals surface area contributed by atoms with Gasteiger partial charge in [-0.25, -0.2) is 4.79 Å². The van der Waals surface area contributed by atoms with Crippen LogP contribution in [0, 0.1) is 0 Å². The van der Waals surface area contributed by atoms with Crippen molar-refractivity contribution in [3.63, 3.8) is 0 Å². The summed E-state index contributed by atoms with van der Waals surface area (Å²) in [5, 5.41) is 14.4. The number of para-hydroxylation sites is 1. The van der Waals surface area contributed by atoms with Gasteiger partial charge in [0.2, 0.25) is 0 Å². The highest BCUT2D eigenvalue weighted by Gasteiger charge is 2.07. The molecule has 2 aromatic rings. The zero-order valence-corrected chi connectivity index (χ0v) is 13.2. The van der Waals surface area contributed by atoms with Gasteiger partial charge in [-0.15, -0.1) is 0 Å². The maximum Gasteiger partial charge on any atom is 0.319 e. The molecule has 2 amide bonds. The smallest absolute Gasteiger partial charge is 0.319 e. The quantitative estimate of drug-likeness (QED) is 0.728. The van der Waals surface area contributed by atoms with Gasteiger partial charge in [-0.05, 0) is 44.0 Å². The van der Waals surface area contributed by atoms with E-state index in [1.54, 1.807) is 12.1 Å². The first kappa shape index (κ1) is 16.8. The van der Waals surface area contributed by atoms with Crippen LogP contribution in [0.5, 0.6) is 11.5 Å². The topological polar surface area (TPSA) is 70.6 Å². The third-order valence-corrected chi connectivity index (χ3v) is 3.24. The Morgan fingerprint density at radius 3 is 2.61 bits per heavy atom. The van der Waals surface area contributed by atoms with Crippen LogP contribution in [0.2, 0.25) is 0 Å². The van der Waals surface area contributed by atoms with Crippen molar-refractivity contribution in [3.8, 4) is 11.5 Å². The molecule has 5 heteroatoms. The Hall–Kier alpha value is -2.53. The number of carbonyl (C=O) groups is 1. The van der Waals surface area contributed by atoms with E-state index in [2.05, 4.69) is 10.6 Å². The maximum atomic E-state index is 11.9. The zero-order valence-electron chi connectivity index (χ0n) is 13.2. The molecule has 2 aromatic carbocycles. The minimum Gasteiger partial charge on any atom is -0.457 e. The third kappa shape index (κ3) is 6.00. The van der Waals surface area contributed by atoms with E-state index in [0.717, 1.165) is 12.2 Å². The van der Waals surface area contributed by atoms with Crippen LogP contribution in [0.3, 0.4) is 0 Å². The van der Waals surface area contributed by atoms with Gasteiger partial charge in [-0.3, -0.25) is 0 Å². The fraction of sp³-hybridized carbons (Fsp3) is 0.278. The highest BCUT2D eigenvalue weighted by molar-refractivity contribution is 5.89. The standard InChI is InChI=1S/C18H22N2O3/c1-14(7-6-12-21)19-18(22)20-15-8-5-11-17(13-15)23-16-9-3-2-4-10-16/h2-5,8-11,13-14,21H,6-7,12H2,1H3,(H2,19,20,22). The number of carbonyl (C=O) groups excluding carboxylic acids is 1. The van der Waals surface area contributed by atoms with Crippen molar-refractivity contribution in [2.45, 2.75) is 25.8 Å². The van der Waals surface area contributed by atoms with Crippen molar-refractivity contribution in [2.24, 2.45) is 0 Å². The molecule has 0 fully saturated rings. The van der Waals surface area contributed by atoms with Gasteiger partial charge in [0, 0.05) is 24.4 Å². The van der Waals surface area contributed by atoms with Crippen LogP contribution in [0.15, 0.2) is 54.6 Å². The monoisotopic (exact) mass is 314 g/mol. The molecular formula is C18H22N2O3. The summed E-state index contributed by atoms with van der Waals surface area (Å²) in [7, 11) is 0. The summed E-state index contributed by atoms with van der Waals surface area (Å²) in [5.74, 6) is 1.40. The lowest BCUT2D eigenvalue weighted by Crippen LogP contribution is -2.36. The van der Waals surface area contributed by atoms with Crippen molar-refractivity contribution in [3.05, 3.63) is 54.6 Å². The van der Waals surface area contributed by atoms with E-state index >= 15 is 0 Å². The molecule has 0 spiro atoms. The number of urea groups is 1. The van der Waals surface area contributed by atoms with Gasteiger partial charge < -0.3 is 20.5 Å². The first-order valence-corrected chi connectivity index (χ1v) is 7.68. The molecule has 0 aliphatic carbocycles. The van der Waals surface area contributed by atoms with E-state index in [4.69, 9.17) is 9.84 Å². The summed E-state index contributed by atoms with van der Waals surface area (Å²) in [5.41, 5.74) is 0.658. The Labute approximate surface area is 136 Å². The van der Waals surface area contributed by atoms with Crippen LogP contribution in [0.4, 0.5) is 10.5 Å². The molecule has 1 atom stereocenters. The average molecular weight is 314 g/mol. The van der Waals surface area contributed by atoms with Crippen LogP contribution in [0.25, 0.3) is 0 Å². The second-order valence-electron chi connectivity index (χ2n) is 5.31. The Bertz CT molecular complexity index is 617. The lowest BCUT2D eigenvalue weighted by atomic mass is 10.2. The minimum absolute atomic E-state index is 0.00546. The molecule has 5 nitrogen and oxygen atoms in total. The van der Waals surface area contributed by atoms with Gasteiger partial charge in [-0.1, -0.05) is 24.3 Å². The van der Waals surface area contributed by atoms with Crippen molar-refractivity contribution in [1.82, 2.24) is 5.32 Å². The van der Waals surface area contributed by atoms with Gasteiger partial charge >= 0.3 is 6.03 Å². The number of benzene rings is 2. The van der Waals surface area contributed by atoms with Crippen LogP contribution >= 0.6 is 0 Å². The first-order chi connectivity index (χ1) is 11.2. The first-order valence-electron chi connectivity index (χ1n) is 7.68. The molecule has 0 saturated carbocycles. The molecule has 0 saturated heterocycles. The van der Waals surface area contributed by atoms with Gasteiger partial charge in [0.15, 0.2) is 0 Å². The summed E-state index contributed by atoms with van der Waals surface area (Å²) >= 11 is 0. The molecule has 23 heavy (non-hydrogen) atoms. The number of rotatable bonds is 7. The van der Waals surface area contributed by atoms with E-state index in [0.29, 0.717) is 17.9 Å². The van der Waals surface area contributed by atoms with Crippen LogP contribution in [0.1, 0.15) is 19.8 Å². The Morgan fingerprint density at radius 2 is 1.87 bits per heavy atom. The predicted molar refractivity (Wildman–Crippen MR) is 90.9 cm³/mol. The second-order valence-corrected chi connectivity index (χ2v) is 5.31. The highest BCUT2D eigenvalue weighted by atomic mass is 16.5. The fourth-order valence-electron chi connectivity index (χ4n) is 2.12. The number of aliphatic hydroxyl groups excluding tert-OH is 1. The van der Waals surface area contributed by atoms with E-state index in [9.17, 15) is 4.79 Å². The van der Waals surface area contributed by atoms with Gasteiger partial charge in [0.1, 0.15) is 11.5 Å². The second kappa shape index (κ2) is 8.80. The average Bonchev–Trinajstić information content (AvgIpc) is 2.54. The van der Waals surface area contributed by atoms with Gasteiger partial charge in [0.05, 0.1) is 0 Å². The number of ether oxygens (including phenoxy) is 1. The fourth-order valence-corrected chi connectivity index (χ4v) is 2.12. The highest BCUT2D eigenvalue weighted by Crippen LogP contribution is 2.23. The third-order valence-electron chi connectivity index (χ3n) is 3.24. The van der Waals surface area contributed by atoms with Crippen LogP contribution in [-0.4, -0.2) is 23.8 Å². The molecule has 0 aromatic heterocycles. The summed E-state index contributed by atoms with van der Waals surface area (Å²) in [6, 6.07) is 16.4. The summed E-state index contributed by atoms with van der Waals surface area (Å²) in [4.78, 5) is 11.9. The van der Waals surface area contributed by atoms with Crippen molar-refractivity contribution < 1.29 is 14.6 Å². The number of anilines is 1. The number of hydrogen-bond donors (Lipinski definition) is 3. The number of aliphatic hydroxyl groups is 1. The number of hydrogen-bond acceptors (Lipinski definition) is 3. The van der Waals surface area contributed by atoms with Crippen molar-refractivity contribution in [1.29, 1.82) is 0 Å². The molecule has 2 rings (SSSR count). The molecule has 0 bridgehead atoms. The molecule has 0 aliphatic rings. The Kier molecular flexibility index (Phi) is 6.44. The number of amides is 2. The van der Waals surface area contributed by atoms with Gasteiger partial charge in [-0.2, -0.15) is 0 Å². The Morgan fingerprint density at radius 1 is 1.13 bits per heavy atom. The SMILES string of the molecule is CC(CCCO)NC(=O)Nc1cccc(Oc2ccccc2)c1. The molecule has 122 valence electrons. The summed E-state index contributed by atoms with van der Waals surface area (Å²) in [6.45, 7) is 2.04. The molecule has 0 heterocycles. The normalized spacial score (nSPS) is 11.6. The van der Waals surface area contributed by atoms with E-state index < -0.39 is 0 Å². The lowest BCUT2D eigenvalue weighted by molar-refractivity contribution is 0.245. The van der Waals surface area contributed by atoms with Crippen LogP contribution in [-0.2, 0) is 0 Å². The zero-order chi connectivity index (χ0) is 16.5. The minimum atomic E-state index is -0.271. The summed E-state index contributed by atoms with van der Waals surface area (Å²) in [6.07, 6.45) is 1.41. The lowest BCUT2D eigenvalue weighted by Gasteiger charge is -2.14. The number of nitrogens with one attached hydrogen (secondary N) is 2. The largest absolute Gasteiger partial charge is 0.457 e. The van der Waals surface area contributed by atoms with Crippen LogP contribution < -0.4 is 15.4 Å². The molecule has 1 unspecified atom stereocenters. The Balaban J connectivity index is 1.90. The summed E-state index contributed by atoms with van der Waals surface area (Å²) < 4.78 is 5.74. The van der Waals surface area contributed by atoms with E-state index in [1.165, 1.54) is 0 Å². The maximum absolute atomic E-state index is 11.9. The van der Waals surface area contributed by atoms with Crippen molar-refractivity contribution in [2.75, 3.05) is 11.9 Å². The van der Waals surface area contributed by atoms with Gasteiger partial charge in [0.25, 0.3) is 0 Å². The van der Waals surface area contributed by atoms with Crippen molar-refractivity contribution >= 4 is 11.7 Å². The van der Waals surface area contributed by atoms with E-state index in [-0.39, 0.29) is 18.7 Å². The molecule has 3 N–H and O–H groups in total.